The summed E-state index contributed by atoms with van der Waals surface area (Å²) in [5, 5.41) is 0. The summed E-state index contributed by atoms with van der Waals surface area (Å²) in [4.78, 5) is 19.3. The van der Waals surface area contributed by atoms with E-state index in [1.54, 1.807) is 4.90 Å². The maximum atomic E-state index is 13.0. The summed E-state index contributed by atoms with van der Waals surface area (Å²) in [7, 11) is 1.85. The van der Waals surface area contributed by atoms with Crippen molar-refractivity contribution in [3.8, 4) is 18.1 Å². The first-order valence-electron chi connectivity index (χ1n) is 10.3. The molecule has 2 amide bonds. The number of fused-ring (bicyclic) bond motifs is 4. The van der Waals surface area contributed by atoms with Crippen molar-refractivity contribution in [1.82, 2.24) is 9.80 Å². The van der Waals surface area contributed by atoms with Gasteiger partial charge in [-0.3, -0.25) is 0 Å². The molecule has 0 N–H and O–H groups in total. The van der Waals surface area contributed by atoms with Crippen LogP contribution in [0.15, 0.2) is 24.3 Å². The predicted molar refractivity (Wildman–Crippen MR) is 114 cm³/mol. The van der Waals surface area contributed by atoms with Crippen LogP contribution in [0.1, 0.15) is 33.6 Å². The van der Waals surface area contributed by atoms with Crippen LogP contribution in [0.25, 0.3) is 0 Å². The minimum atomic E-state index is 0.0940. The topological polar surface area (TPSA) is 36.0 Å². The number of anilines is 1. The molecule has 1 aromatic rings. The molecule has 3 saturated heterocycles. The van der Waals surface area contributed by atoms with E-state index >= 15 is 0 Å². The quantitative estimate of drug-likeness (QED) is 0.728. The van der Waals surface area contributed by atoms with Crippen LogP contribution in [0, 0.1) is 23.7 Å². The molecule has 0 unspecified atom stereocenters. The van der Waals surface area contributed by atoms with Crippen LogP contribution in [-0.2, 0) is 0 Å². The molecule has 0 saturated carbocycles. The number of piperidine rings is 1. The number of hydrogen-bond acceptors (Lipinski definition) is 3. The summed E-state index contributed by atoms with van der Waals surface area (Å²) in [5.41, 5.74) is 1.36. The van der Waals surface area contributed by atoms with Crippen molar-refractivity contribution in [2.45, 2.75) is 39.7 Å². The maximum Gasteiger partial charge on any atom is 0.319 e. The first-order valence-corrected chi connectivity index (χ1v) is 10.3. The summed E-state index contributed by atoms with van der Waals surface area (Å²) in [6, 6.07) is 8.76. The molecule has 1 aromatic carbocycles. The number of terminal acetylenes is 1. The normalized spacial score (nSPS) is 23.1. The van der Waals surface area contributed by atoms with Gasteiger partial charge in [-0.2, -0.15) is 0 Å². The smallest absolute Gasteiger partial charge is 0.319 e. The van der Waals surface area contributed by atoms with Gasteiger partial charge in [-0.15, -0.1) is 12.3 Å². The van der Waals surface area contributed by atoms with Crippen LogP contribution >= 0.6 is 0 Å². The van der Waals surface area contributed by atoms with Crippen molar-refractivity contribution >= 4 is 11.7 Å². The summed E-state index contributed by atoms with van der Waals surface area (Å²) in [6.07, 6.45) is 7.10. The van der Waals surface area contributed by atoms with Crippen LogP contribution < -0.4 is 9.64 Å². The molecular formula is C23H33N3O2. The van der Waals surface area contributed by atoms with Crippen LogP contribution in [0.2, 0.25) is 0 Å². The number of hydrogen-bond donors (Lipinski definition) is 0. The molecule has 28 heavy (non-hydrogen) atoms. The van der Waals surface area contributed by atoms with E-state index in [1.807, 2.05) is 31.0 Å². The van der Waals surface area contributed by atoms with Gasteiger partial charge in [0, 0.05) is 45.3 Å². The Morgan fingerprint density at radius 2 is 2.00 bits per heavy atom. The zero-order chi connectivity index (χ0) is 20.3. The van der Waals surface area contributed by atoms with Crippen molar-refractivity contribution in [3.63, 3.8) is 0 Å². The fraction of sp³-hybridized carbons (Fsp3) is 0.609. The average Bonchev–Trinajstić information content (AvgIpc) is 2.93. The Bertz CT molecular complexity index is 722. The second-order valence-electron chi connectivity index (χ2n) is 8.72. The fourth-order valence-corrected chi connectivity index (χ4v) is 4.75. The van der Waals surface area contributed by atoms with E-state index in [0.717, 1.165) is 31.8 Å². The second kappa shape index (κ2) is 8.34. The van der Waals surface area contributed by atoms with Gasteiger partial charge in [0.15, 0.2) is 0 Å². The van der Waals surface area contributed by atoms with E-state index in [1.165, 1.54) is 5.69 Å². The van der Waals surface area contributed by atoms with Gasteiger partial charge in [-0.05, 0) is 48.9 Å². The van der Waals surface area contributed by atoms with Gasteiger partial charge in [-0.25, -0.2) is 4.79 Å². The first kappa shape index (κ1) is 20.4. The highest BCUT2D eigenvalue weighted by Crippen LogP contribution is 2.43. The highest BCUT2D eigenvalue weighted by Gasteiger charge is 2.47. The standard InChI is InChI=1S/C23H33N3O2/c1-6-8-13-24(5)22(27)25-15-18-14-23(3,4)21(17-25)26(16-18)19-9-11-20(12-10-19)28-7-2/h1,9-12,18,21H,7-8,13-17H2,2-5H3/t18-,21-/m1/s1. The molecule has 3 aliphatic heterocycles. The molecule has 5 heteroatoms. The number of amides is 2. The van der Waals surface area contributed by atoms with Crippen molar-refractivity contribution in [2.24, 2.45) is 11.3 Å². The highest BCUT2D eigenvalue weighted by atomic mass is 16.5. The molecule has 3 aliphatic rings. The molecule has 4 rings (SSSR count). The third-order valence-corrected chi connectivity index (χ3v) is 6.09. The van der Waals surface area contributed by atoms with Crippen molar-refractivity contribution in [1.29, 1.82) is 0 Å². The summed E-state index contributed by atoms with van der Waals surface area (Å²) < 4.78 is 5.59. The monoisotopic (exact) mass is 383 g/mol. The Labute approximate surface area is 169 Å². The lowest BCUT2D eigenvalue weighted by atomic mass is 9.73. The minimum Gasteiger partial charge on any atom is -0.494 e. The molecule has 0 spiro atoms. The zero-order valence-corrected chi connectivity index (χ0v) is 17.6. The maximum absolute atomic E-state index is 13.0. The number of rotatable bonds is 5. The van der Waals surface area contributed by atoms with Crippen molar-refractivity contribution in [3.05, 3.63) is 24.3 Å². The Morgan fingerprint density at radius 1 is 1.29 bits per heavy atom. The molecule has 0 aliphatic carbocycles. The lowest BCUT2D eigenvalue weighted by Crippen LogP contribution is -2.54. The van der Waals surface area contributed by atoms with Crippen LogP contribution in [-0.4, -0.2) is 61.7 Å². The van der Waals surface area contributed by atoms with Gasteiger partial charge in [0.25, 0.3) is 0 Å². The van der Waals surface area contributed by atoms with Gasteiger partial charge < -0.3 is 19.4 Å². The molecule has 3 fully saturated rings. The molecular weight excluding hydrogens is 350 g/mol. The molecule has 5 nitrogen and oxygen atoms in total. The summed E-state index contributed by atoms with van der Waals surface area (Å²) in [6.45, 7) is 10.5. The van der Waals surface area contributed by atoms with E-state index in [4.69, 9.17) is 11.2 Å². The van der Waals surface area contributed by atoms with Gasteiger partial charge in [0.05, 0.1) is 12.6 Å². The molecule has 0 aromatic heterocycles. The first-order chi connectivity index (χ1) is 13.4. The van der Waals surface area contributed by atoms with Crippen molar-refractivity contribution < 1.29 is 9.53 Å². The van der Waals surface area contributed by atoms with E-state index in [9.17, 15) is 4.79 Å². The van der Waals surface area contributed by atoms with E-state index in [2.05, 4.69) is 36.8 Å². The van der Waals surface area contributed by atoms with E-state index < -0.39 is 0 Å². The molecule has 2 atom stereocenters. The summed E-state index contributed by atoms with van der Waals surface area (Å²) in [5.74, 6) is 3.99. The van der Waals surface area contributed by atoms with Crippen molar-refractivity contribution in [2.75, 3.05) is 44.7 Å². The Hall–Kier alpha value is -2.35. The third-order valence-electron chi connectivity index (χ3n) is 6.09. The van der Waals surface area contributed by atoms with Crippen LogP contribution in [0.4, 0.5) is 10.5 Å². The van der Waals surface area contributed by atoms with Gasteiger partial charge in [0.1, 0.15) is 5.75 Å². The average molecular weight is 384 g/mol. The minimum absolute atomic E-state index is 0.0940. The fourth-order valence-electron chi connectivity index (χ4n) is 4.75. The second-order valence-corrected chi connectivity index (χ2v) is 8.72. The Balaban J connectivity index is 1.81. The van der Waals surface area contributed by atoms with E-state index in [0.29, 0.717) is 25.5 Å². The Kier molecular flexibility index (Phi) is 6.07. The number of nitrogens with zero attached hydrogens (tertiary/aromatic N) is 3. The highest BCUT2D eigenvalue weighted by molar-refractivity contribution is 5.74. The summed E-state index contributed by atoms with van der Waals surface area (Å²) >= 11 is 0. The Morgan fingerprint density at radius 3 is 2.64 bits per heavy atom. The largest absolute Gasteiger partial charge is 0.494 e. The number of carbonyl (C=O) groups is 1. The van der Waals surface area contributed by atoms with E-state index in [-0.39, 0.29) is 17.5 Å². The molecule has 0 radical (unpaired) electrons. The number of ether oxygens (including phenoxy) is 1. The van der Waals surface area contributed by atoms with Crippen LogP contribution in [0.5, 0.6) is 5.75 Å². The number of carbonyl (C=O) groups excluding carboxylic acids is 1. The number of urea groups is 1. The lowest BCUT2D eigenvalue weighted by Gasteiger charge is -2.48. The van der Waals surface area contributed by atoms with Gasteiger partial charge in [-0.1, -0.05) is 13.8 Å². The molecule has 3 heterocycles. The van der Waals surface area contributed by atoms with Gasteiger partial charge in [0.2, 0.25) is 0 Å². The zero-order valence-electron chi connectivity index (χ0n) is 17.6. The predicted octanol–water partition coefficient (Wildman–Crippen LogP) is 3.70. The number of benzene rings is 1. The lowest BCUT2D eigenvalue weighted by molar-refractivity contribution is 0.160. The van der Waals surface area contributed by atoms with Gasteiger partial charge >= 0.3 is 6.03 Å². The SMILES string of the molecule is C#CCCN(C)C(=O)N1C[C@@H]2CN(c3ccc(OCC)cc3)[C@H](C1)C(C)(C)C2. The van der Waals surface area contributed by atoms with Crippen LogP contribution in [0.3, 0.4) is 0 Å². The third kappa shape index (κ3) is 4.22. The molecule has 152 valence electrons. The molecule has 2 bridgehead atoms.